The van der Waals surface area contributed by atoms with Crippen LogP contribution in [0.1, 0.15) is 11.4 Å². The van der Waals surface area contributed by atoms with E-state index in [4.69, 9.17) is 11.6 Å². The van der Waals surface area contributed by atoms with Crippen LogP contribution in [0.2, 0.25) is 5.02 Å². The fourth-order valence-electron chi connectivity index (χ4n) is 1.73. The summed E-state index contributed by atoms with van der Waals surface area (Å²) < 4.78 is 15.5. The highest BCUT2D eigenvalue weighted by molar-refractivity contribution is 6.30. The third-order valence-electron chi connectivity index (χ3n) is 2.78. The summed E-state index contributed by atoms with van der Waals surface area (Å²) in [6.07, 6.45) is 4.50. The van der Waals surface area contributed by atoms with Gasteiger partial charge in [-0.25, -0.2) is 9.37 Å². The predicted molar refractivity (Wildman–Crippen MR) is 70.0 cm³/mol. The molecule has 1 N–H and O–H groups in total. The van der Waals surface area contributed by atoms with Crippen LogP contribution in [0.25, 0.3) is 0 Å². The normalized spacial score (nSPS) is 10.8. The number of imidazole rings is 1. The number of nitrogens with one attached hydrogen (secondary N) is 1. The Morgan fingerprint density at radius 1 is 1.44 bits per heavy atom. The van der Waals surface area contributed by atoms with E-state index in [9.17, 15) is 4.39 Å². The maximum absolute atomic E-state index is 13.5. The van der Waals surface area contributed by atoms with Gasteiger partial charge >= 0.3 is 0 Å². The Morgan fingerprint density at radius 3 is 2.94 bits per heavy atom. The zero-order valence-corrected chi connectivity index (χ0v) is 10.9. The van der Waals surface area contributed by atoms with E-state index in [-0.39, 0.29) is 5.82 Å². The Kier molecular flexibility index (Phi) is 4.33. The van der Waals surface area contributed by atoms with Crippen molar-refractivity contribution >= 4 is 11.6 Å². The highest BCUT2D eigenvalue weighted by Gasteiger charge is 2.03. The molecule has 96 valence electrons. The van der Waals surface area contributed by atoms with Crippen LogP contribution >= 0.6 is 11.6 Å². The number of hydrogen-bond acceptors (Lipinski definition) is 2. The standard InChI is InChI=1S/C13H15ClFN3/c1-18-7-6-17-13(18)4-5-16-9-10-2-3-11(14)8-12(10)15/h2-3,6-8,16H,4-5,9H2,1H3. The Morgan fingerprint density at radius 2 is 2.28 bits per heavy atom. The van der Waals surface area contributed by atoms with Crippen molar-refractivity contribution in [1.29, 1.82) is 0 Å². The number of hydrogen-bond donors (Lipinski definition) is 1. The lowest BCUT2D eigenvalue weighted by Gasteiger charge is -2.06. The molecule has 0 aliphatic heterocycles. The second-order valence-corrected chi connectivity index (χ2v) is 4.55. The van der Waals surface area contributed by atoms with E-state index in [0.717, 1.165) is 18.8 Å². The number of aryl methyl sites for hydroxylation is 1. The van der Waals surface area contributed by atoms with Crippen LogP contribution in [-0.2, 0) is 20.0 Å². The number of benzene rings is 1. The molecule has 0 aliphatic carbocycles. The van der Waals surface area contributed by atoms with Crippen LogP contribution in [0, 0.1) is 5.82 Å². The van der Waals surface area contributed by atoms with Gasteiger partial charge in [-0.3, -0.25) is 0 Å². The molecule has 2 aromatic rings. The van der Waals surface area contributed by atoms with Crippen LogP contribution in [0.15, 0.2) is 30.6 Å². The molecule has 0 saturated heterocycles. The molecule has 5 heteroatoms. The average molecular weight is 268 g/mol. The first-order valence-electron chi connectivity index (χ1n) is 5.77. The predicted octanol–water partition coefficient (Wildman–Crippen LogP) is 2.54. The van der Waals surface area contributed by atoms with Gasteiger partial charge in [0.1, 0.15) is 11.6 Å². The van der Waals surface area contributed by atoms with Crippen LogP contribution in [0.4, 0.5) is 4.39 Å². The highest BCUT2D eigenvalue weighted by Crippen LogP contribution is 2.14. The minimum atomic E-state index is -0.271. The molecule has 0 unspecified atom stereocenters. The van der Waals surface area contributed by atoms with Gasteiger partial charge in [-0.2, -0.15) is 0 Å². The summed E-state index contributed by atoms with van der Waals surface area (Å²) in [5.74, 6) is 0.742. The molecular weight excluding hydrogens is 253 g/mol. The second kappa shape index (κ2) is 5.98. The fourth-order valence-corrected chi connectivity index (χ4v) is 1.88. The molecule has 0 fully saturated rings. The van der Waals surface area contributed by atoms with Crippen LogP contribution in [0.3, 0.4) is 0 Å². The summed E-state index contributed by atoms with van der Waals surface area (Å²) in [7, 11) is 1.96. The van der Waals surface area contributed by atoms with Gasteiger partial charge in [0.05, 0.1) is 0 Å². The lowest BCUT2D eigenvalue weighted by atomic mass is 10.2. The maximum Gasteiger partial charge on any atom is 0.129 e. The zero-order valence-electron chi connectivity index (χ0n) is 10.2. The third kappa shape index (κ3) is 3.31. The van der Waals surface area contributed by atoms with E-state index in [1.165, 1.54) is 6.07 Å². The van der Waals surface area contributed by atoms with Crippen molar-refractivity contribution in [3.8, 4) is 0 Å². The molecule has 2 rings (SSSR count). The van der Waals surface area contributed by atoms with Crippen molar-refractivity contribution in [2.75, 3.05) is 6.54 Å². The molecule has 1 heterocycles. The van der Waals surface area contributed by atoms with Gasteiger partial charge in [-0.05, 0) is 12.1 Å². The smallest absolute Gasteiger partial charge is 0.129 e. The molecule has 18 heavy (non-hydrogen) atoms. The number of aromatic nitrogens is 2. The molecule has 1 aromatic heterocycles. The van der Waals surface area contributed by atoms with E-state index in [1.807, 2.05) is 17.8 Å². The van der Waals surface area contributed by atoms with Gasteiger partial charge in [0.15, 0.2) is 0 Å². The first-order valence-corrected chi connectivity index (χ1v) is 6.15. The van der Waals surface area contributed by atoms with Gasteiger partial charge in [-0.1, -0.05) is 17.7 Å². The van der Waals surface area contributed by atoms with Crippen LogP contribution in [-0.4, -0.2) is 16.1 Å². The van der Waals surface area contributed by atoms with Crippen molar-refractivity contribution in [2.45, 2.75) is 13.0 Å². The Hall–Kier alpha value is -1.39. The van der Waals surface area contributed by atoms with Crippen molar-refractivity contribution in [2.24, 2.45) is 7.05 Å². The first-order chi connectivity index (χ1) is 8.66. The molecule has 0 spiro atoms. The molecule has 0 atom stereocenters. The van der Waals surface area contributed by atoms with Gasteiger partial charge in [-0.15, -0.1) is 0 Å². The zero-order chi connectivity index (χ0) is 13.0. The first kappa shape index (κ1) is 13.1. The largest absolute Gasteiger partial charge is 0.338 e. The van der Waals surface area contributed by atoms with E-state index < -0.39 is 0 Å². The van der Waals surface area contributed by atoms with Gasteiger partial charge in [0, 0.05) is 49.5 Å². The second-order valence-electron chi connectivity index (χ2n) is 4.12. The number of halogens is 2. The number of rotatable bonds is 5. The van der Waals surface area contributed by atoms with Crippen molar-refractivity contribution in [3.05, 3.63) is 52.8 Å². The Bertz CT molecular complexity index is 525. The summed E-state index contributed by atoms with van der Waals surface area (Å²) in [6.45, 7) is 1.25. The Labute approximate surface area is 111 Å². The van der Waals surface area contributed by atoms with Gasteiger partial charge in [0.2, 0.25) is 0 Å². The lowest BCUT2D eigenvalue weighted by molar-refractivity contribution is 0.584. The molecule has 0 saturated carbocycles. The van der Waals surface area contributed by atoms with E-state index >= 15 is 0 Å². The van der Waals surface area contributed by atoms with Crippen LogP contribution < -0.4 is 5.32 Å². The molecular formula is C13H15ClFN3. The fraction of sp³-hybridized carbons (Fsp3) is 0.308. The topological polar surface area (TPSA) is 29.9 Å². The molecule has 0 amide bonds. The van der Waals surface area contributed by atoms with E-state index in [2.05, 4.69) is 10.3 Å². The molecule has 1 aromatic carbocycles. The summed E-state index contributed by atoms with van der Waals surface area (Å²) in [4.78, 5) is 4.22. The maximum atomic E-state index is 13.5. The summed E-state index contributed by atoms with van der Waals surface area (Å²) in [5, 5.41) is 3.61. The molecule has 0 radical (unpaired) electrons. The van der Waals surface area contributed by atoms with Gasteiger partial charge < -0.3 is 9.88 Å². The van der Waals surface area contributed by atoms with Crippen molar-refractivity contribution < 1.29 is 4.39 Å². The molecule has 3 nitrogen and oxygen atoms in total. The SMILES string of the molecule is Cn1ccnc1CCNCc1ccc(Cl)cc1F. The van der Waals surface area contributed by atoms with Crippen LogP contribution in [0.5, 0.6) is 0 Å². The number of nitrogens with zero attached hydrogens (tertiary/aromatic N) is 2. The van der Waals surface area contributed by atoms with Crippen molar-refractivity contribution in [3.63, 3.8) is 0 Å². The minimum absolute atomic E-state index is 0.271. The molecule has 0 bridgehead atoms. The lowest BCUT2D eigenvalue weighted by Crippen LogP contribution is -2.18. The average Bonchev–Trinajstić information content (AvgIpc) is 2.73. The quantitative estimate of drug-likeness (QED) is 0.844. The Balaban J connectivity index is 1.80. The summed E-state index contributed by atoms with van der Waals surface area (Å²) in [6, 6.07) is 4.73. The van der Waals surface area contributed by atoms with Gasteiger partial charge in [0.25, 0.3) is 0 Å². The van der Waals surface area contributed by atoms with Crippen molar-refractivity contribution in [1.82, 2.24) is 14.9 Å². The third-order valence-corrected chi connectivity index (χ3v) is 3.01. The highest BCUT2D eigenvalue weighted by atomic mass is 35.5. The summed E-state index contributed by atoms with van der Waals surface area (Å²) in [5.41, 5.74) is 0.624. The molecule has 0 aliphatic rings. The monoisotopic (exact) mass is 267 g/mol. The summed E-state index contributed by atoms with van der Waals surface area (Å²) >= 11 is 5.69. The van der Waals surface area contributed by atoms with E-state index in [0.29, 0.717) is 17.1 Å². The minimum Gasteiger partial charge on any atom is -0.338 e. The van der Waals surface area contributed by atoms with E-state index in [1.54, 1.807) is 18.3 Å².